The summed E-state index contributed by atoms with van der Waals surface area (Å²) in [6, 6.07) is -0.0301. The van der Waals surface area contributed by atoms with Crippen LogP contribution in [0, 0.1) is 11.8 Å². The Morgan fingerprint density at radius 3 is 3.05 bits per heavy atom. The van der Waals surface area contributed by atoms with Crippen molar-refractivity contribution in [3.63, 3.8) is 0 Å². The summed E-state index contributed by atoms with van der Waals surface area (Å²) < 4.78 is 7.18. The van der Waals surface area contributed by atoms with Gasteiger partial charge in [0.15, 0.2) is 0 Å². The Morgan fingerprint density at radius 1 is 1.48 bits per heavy atom. The Balaban J connectivity index is 1.57. The fourth-order valence-corrected chi connectivity index (χ4v) is 3.55. The number of anilines is 1. The molecule has 1 aliphatic heterocycles. The van der Waals surface area contributed by atoms with Gasteiger partial charge >= 0.3 is 0 Å². The first-order valence-corrected chi connectivity index (χ1v) is 7.92. The van der Waals surface area contributed by atoms with E-state index in [2.05, 4.69) is 10.4 Å². The molecule has 4 rings (SSSR count). The van der Waals surface area contributed by atoms with E-state index < -0.39 is 0 Å². The predicted octanol–water partition coefficient (Wildman–Crippen LogP) is 0.833. The topological polar surface area (TPSA) is 82.2 Å². The van der Waals surface area contributed by atoms with E-state index in [1.807, 2.05) is 0 Å². The van der Waals surface area contributed by atoms with Crippen molar-refractivity contribution < 1.29 is 4.74 Å². The molecule has 0 radical (unpaired) electrons. The lowest BCUT2D eigenvalue weighted by atomic mass is 9.72. The van der Waals surface area contributed by atoms with Crippen LogP contribution in [0.2, 0.25) is 5.02 Å². The highest BCUT2D eigenvalue weighted by atomic mass is 35.5. The van der Waals surface area contributed by atoms with E-state index in [1.54, 1.807) is 0 Å². The Bertz CT molecular complexity index is 615. The average Bonchev–Trinajstić information content (AvgIpc) is 3.18. The van der Waals surface area contributed by atoms with Gasteiger partial charge in [0.2, 0.25) is 0 Å². The summed E-state index contributed by atoms with van der Waals surface area (Å²) in [5.41, 5.74) is 6.42. The molecule has 21 heavy (non-hydrogen) atoms. The molecular formula is C14H19ClN4O2. The van der Waals surface area contributed by atoms with Gasteiger partial charge in [-0.15, -0.1) is 0 Å². The lowest BCUT2D eigenvalue weighted by molar-refractivity contribution is 0.00531. The minimum absolute atomic E-state index is 0.0121. The molecule has 4 unspecified atom stereocenters. The third-order valence-corrected chi connectivity index (χ3v) is 5.17. The molecule has 2 aliphatic carbocycles. The van der Waals surface area contributed by atoms with Crippen LogP contribution >= 0.6 is 11.6 Å². The van der Waals surface area contributed by atoms with E-state index in [0.29, 0.717) is 29.1 Å². The first kappa shape index (κ1) is 13.5. The Morgan fingerprint density at radius 2 is 2.29 bits per heavy atom. The lowest BCUT2D eigenvalue weighted by Gasteiger charge is -2.46. The predicted molar refractivity (Wildman–Crippen MR) is 79.5 cm³/mol. The Labute approximate surface area is 127 Å². The number of fused-ring (bicyclic) bond motifs is 1. The molecule has 0 bridgehead atoms. The summed E-state index contributed by atoms with van der Waals surface area (Å²) >= 11 is 6.15. The van der Waals surface area contributed by atoms with E-state index in [1.165, 1.54) is 23.7 Å². The first-order chi connectivity index (χ1) is 10.1. The lowest BCUT2D eigenvalue weighted by Crippen LogP contribution is -2.65. The maximum Gasteiger partial charge on any atom is 0.291 e. The summed E-state index contributed by atoms with van der Waals surface area (Å²) in [6.07, 6.45) is 4.97. The highest BCUT2D eigenvalue weighted by molar-refractivity contribution is 6.33. The van der Waals surface area contributed by atoms with Crippen LogP contribution in [0.15, 0.2) is 11.0 Å². The van der Waals surface area contributed by atoms with E-state index in [0.717, 1.165) is 13.0 Å². The number of hydrogen-bond donors (Lipinski definition) is 2. The maximum absolute atomic E-state index is 12.5. The number of nitrogens with two attached hydrogens (primary N) is 1. The summed E-state index contributed by atoms with van der Waals surface area (Å²) in [5.74, 6) is 0.981. The van der Waals surface area contributed by atoms with Gasteiger partial charge in [-0.25, -0.2) is 4.68 Å². The van der Waals surface area contributed by atoms with Crippen LogP contribution in [0.3, 0.4) is 0 Å². The van der Waals surface area contributed by atoms with Crippen molar-refractivity contribution in [2.75, 3.05) is 11.9 Å². The smallest absolute Gasteiger partial charge is 0.291 e. The van der Waals surface area contributed by atoms with Gasteiger partial charge in [0.25, 0.3) is 5.56 Å². The van der Waals surface area contributed by atoms with Crippen LogP contribution in [-0.4, -0.2) is 34.6 Å². The highest BCUT2D eigenvalue weighted by Crippen LogP contribution is 2.39. The van der Waals surface area contributed by atoms with Crippen molar-refractivity contribution in [2.24, 2.45) is 17.6 Å². The van der Waals surface area contributed by atoms with Crippen molar-refractivity contribution in [3.8, 4) is 0 Å². The van der Waals surface area contributed by atoms with Gasteiger partial charge in [0.1, 0.15) is 5.69 Å². The minimum Gasteiger partial charge on any atom is -0.376 e. The molecule has 2 heterocycles. The van der Waals surface area contributed by atoms with Gasteiger partial charge in [-0.3, -0.25) is 4.79 Å². The quantitative estimate of drug-likeness (QED) is 0.861. The normalized spacial score (nSPS) is 34.4. The Kier molecular flexibility index (Phi) is 3.20. The van der Waals surface area contributed by atoms with Crippen LogP contribution in [0.25, 0.3) is 0 Å². The maximum atomic E-state index is 12.5. The van der Waals surface area contributed by atoms with Crippen molar-refractivity contribution in [1.82, 2.24) is 9.78 Å². The molecule has 3 N–H and O–H groups in total. The number of hydrogen-bond acceptors (Lipinski definition) is 5. The zero-order chi connectivity index (χ0) is 14.6. The third kappa shape index (κ3) is 2.25. The molecule has 2 saturated carbocycles. The molecule has 7 heteroatoms. The number of rotatable bonds is 4. The monoisotopic (exact) mass is 310 g/mol. The number of halogens is 1. The second-order valence-corrected chi connectivity index (χ2v) is 6.74. The van der Waals surface area contributed by atoms with Crippen molar-refractivity contribution in [1.29, 1.82) is 0 Å². The highest BCUT2D eigenvalue weighted by Gasteiger charge is 2.52. The number of nitrogens with one attached hydrogen (secondary N) is 1. The summed E-state index contributed by atoms with van der Waals surface area (Å²) in [5, 5.41) is 7.69. The number of ether oxygens (including phenoxy) is 1. The van der Waals surface area contributed by atoms with Crippen molar-refractivity contribution in [2.45, 2.75) is 44.0 Å². The Hall–Kier alpha value is -1.11. The molecule has 1 saturated heterocycles. The van der Waals surface area contributed by atoms with Crippen molar-refractivity contribution >= 4 is 17.3 Å². The van der Waals surface area contributed by atoms with Gasteiger partial charge in [-0.1, -0.05) is 11.6 Å². The minimum atomic E-state index is -0.164. The molecule has 0 spiro atoms. The second kappa shape index (κ2) is 4.97. The van der Waals surface area contributed by atoms with Crippen LogP contribution < -0.4 is 16.6 Å². The second-order valence-electron chi connectivity index (χ2n) is 6.33. The zero-order valence-corrected chi connectivity index (χ0v) is 12.4. The summed E-state index contributed by atoms with van der Waals surface area (Å²) in [6.45, 7) is 1.42. The van der Waals surface area contributed by atoms with E-state index in [-0.39, 0.29) is 23.7 Å². The molecule has 1 aromatic heterocycles. The SMILES string of the molecule is NC1C2CCOC2C1Nc1c(Cl)cnn(CC2CC2)c1=O. The zero-order valence-electron chi connectivity index (χ0n) is 11.7. The van der Waals surface area contributed by atoms with E-state index in [9.17, 15) is 4.79 Å². The molecule has 6 nitrogen and oxygen atoms in total. The van der Waals surface area contributed by atoms with Crippen LogP contribution in [0.1, 0.15) is 19.3 Å². The first-order valence-electron chi connectivity index (χ1n) is 7.54. The fourth-order valence-electron chi connectivity index (χ4n) is 3.37. The van der Waals surface area contributed by atoms with Gasteiger partial charge in [-0.2, -0.15) is 5.10 Å². The molecule has 1 aromatic rings. The average molecular weight is 311 g/mol. The van der Waals surface area contributed by atoms with Crippen molar-refractivity contribution in [3.05, 3.63) is 21.6 Å². The van der Waals surface area contributed by atoms with E-state index >= 15 is 0 Å². The van der Waals surface area contributed by atoms with Gasteiger partial charge in [-0.05, 0) is 25.2 Å². The van der Waals surface area contributed by atoms with Crippen LogP contribution in [0.5, 0.6) is 0 Å². The molecular weight excluding hydrogens is 292 g/mol. The third-order valence-electron chi connectivity index (χ3n) is 4.88. The molecule has 0 amide bonds. The molecule has 3 fully saturated rings. The van der Waals surface area contributed by atoms with Gasteiger partial charge < -0.3 is 15.8 Å². The standard InChI is InChI=1S/C14H19ClN4O2/c15-9-5-17-19(6-7-1-2-7)14(20)11(9)18-12-10(16)8-3-4-21-13(8)12/h5,7-8,10,12-13,18H,1-4,6,16H2. The number of nitrogens with zero attached hydrogens (tertiary/aromatic N) is 2. The summed E-state index contributed by atoms with van der Waals surface area (Å²) in [7, 11) is 0. The molecule has 114 valence electrons. The van der Waals surface area contributed by atoms with Gasteiger partial charge in [0, 0.05) is 25.1 Å². The number of aromatic nitrogens is 2. The molecule has 3 aliphatic rings. The van der Waals surface area contributed by atoms with Gasteiger partial charge in [0.05, 0.1) is 23.4 Å². The molecule has 0 aromatic carbocycles. The largest absolute Gasteiger partial charge is 0.376 e. The summed E-state index contributed by atoms with van der Waals surface area (Å²) in [4.78, 5) is 12.5. The van der Waals surface area contributed by atoms with Crippen LogP contribution in [0.4, 0.5) is 5.69 Å². The van der Waals surface area contributed by atoms with E-state index in [4.69, 9.17) is 22.1 Å². The fraction of sp³-hybridized carbons (Fsp3) is 0.714. The van der Waals surface area contributed by atoms with Crippen LogP contribution in [-0.2, 0) is 11.3 Å². The molecule has 4 atom stereocenters.